The van der Waals surface area contributed by atoms with Crippen molar-refractivity contribution in [3.8, 4) is 10.6 Å². The summed E-state index contributed by atoms with van der Waals surface area (Å²) in [5, 5.41) is 9.45. The van der Waals surface area contributed by atoms with Gasteiger partial charge >= 0.3 is 5.97 Å². The summed E-state index contributed by atoms with van der Waals surface area (Å²) in [6.45, 7) is 2.13. The highest BCUT2D eigenvalue weighted by Crippen LogP contribution is 2.25. The van der Waals surface area contributed by atoms with Gasteiger partial charge in [-0.1, -0.05) is 29.8 Å². The number of aryl methyl sites for hydroxylation is 1. The average Bonchev–Trinajstić information content (AvgIpc) is 3.31. The fraction of sp³-hybridized carbons (Fsp3) is 0.211. The molecule has 5 nitrogen and oxygen atoms in total. The molecule has 0 aliphatic rings. The number of ether oxygens (including phenoxy) is 1. The predicted octanol–water partition coefficient (Wildman–Crippen LogP) is 3.58. The van der Waals surface area contributed by atoms with E-state index in [-0.39, 0.29) is 18.9 Å². The molecule has 0 unspecified atom stereocenters. The Morgan fingerprint density at radius 3 is 2.69 bits per heavy atom. The summed E-state index contributed by atoms with van der Waals surface area (Å²) in [5.41, 5.74) is 3.87. The quantitative estimate of drug-likeness (QED) is 0.630. The van der Waals surface area contributed by atoms with E-state index in [4.69, 9.17) is 4.74 Å². The van der Waals surface area contributed by atoms with Crippen molar-refractivity contribution in [1.82, 2.24) is 10.3 Å². The van der Waals surface area contributed by atoms with E-state index in [9.17, 15) is 9.59 Å². The SMILES string of the molecule is Cc1ccc(CNC(=O)COC(=O)Cc2csc(-c3ccsc3)n2)cc1. The molecular weight excluding hydrogens is 368 g/mol. The lowest BCUT2D eigenvalue weighted by molar-refractivity contribution is -0.147. The van der Waals surface area contributed by atoms with E-state index in [1.54, 1.807) is 11.3 Å². The van der Waals surface area contributed by atoms with Crippen molar-refractivity contribution in [3.63, 3.8) is 0 Å². The Morgan fingerprint density at radius 2 is 1.96 bits per heavy atom. The van der Waals surface area contributed by atoms with Gasteiger partial charge in [0.25, 0.3) is 5.91 Å². The molecule has 0 saturated heterocycles. The number of benzene rings is 1. The molecule has 0 fully saturated rings. The number of thiazole rings is 1. The number of carbonyl (C=O) groups is 2. The molecule has 0 radical (unpaired) electrons. The van der Waals surface area contributed by atoms with E-state index in [1.165, 1.54) is 16.9 Å². The first-order valence-electron chi connectivity index (χ1n) is 8.05. The first kappa shape index (κ1) is 18.3. The molecule has 134 valence electrons. The maximum Gasteiger partial charge on any atom is 0.312 e. The van der Waals surface area contributed by atoms with Crippen LogP contribution in [0, 0.1) is 6.92 Å². The minimum atomic E-state index is -0.461. The molecule has 2 heterocycles. The molecule has 1 N–H and O–H groups in total. The summed E-state index contributed by atoms with van der Waals surface area (Å²) < 4.78 is 5.03. The van der Waals surface area contributed by atoms with Crippen molar-refractivity contribution in [1.29, 1.82) is 0 Å². The van der Waals surface area contributed by atoms with Crippen LogP contribution in [0.25, 0.3) is 10.6 Å². The van der Waals surface area contributed by atoms with Crippen molar-refractivity contribution in [2.24, 2.45) is 0 Å². The fourth-order valence-electron chi connectivity index (χ4n) is 2.21. The number of nitrogens with one attached hydrogen (secondary N) is 1. The summed E-state index contributed by atoms with van der Waals surface area (Å²) in [6.07, 6.45) is 0.0614. The van der Waals surface area contributed by atoms with E-state index in [1.807, 2.05) is 53.4 Å². The zero-order chi connectivity index (χ0) is 18.4. The smallest absolute Gasteiger partial charge is 0.312 e. The topological polar surface area (TPSA) is 68.3 Å². The van der Waals surface area contributed by atoms with E-state index in [0.29, 0.717) is 12.2 Å². The first-order valence-corrected chi connectivity index (χ1v) is 9.87. The molecule has 0 saturated carbocycles. The third-order valence-electron chi connectivity index (χ3n) is 3.62. The van der Waals surface area contributed by atoms with Crippen LogP contribution in [-0.2, 0) is 27.3 Å². The van der Waals surface area contributed by atoms with Crippen LogP contribution in [-0.4, -0.2) is 23.5 Å². The number of nitrogens with zero attached hydrogens (tertiary/aromatic N) is 1. The first-order chi connectivity index (χ1) is 12.6. The van der Waals surface area contributed by atoms with Gasteiger partial charge in [-0.3, -0.25) is 9.59 Å². The number of amides is 1. The third kappa shape index (κ3) is 5.24. The lowest BCUT2D eigenvalue weighted by Gasteiger charge is -2.06. The Balaban J connectivity index is 1.41. The van der Waals surface area contributed by atoms with E-state index in [0.717, 1.165) is 16.1 Å². The molecule has 3 aromatic rings. The van der Waals surface area contributed by atoms with Gasteiger partial charge in [0.05, 0.1) is 12.1 Å². The number of thiophene rings is 1. The van der Waals surface area contributed by atoms with Crippen molar-refractivity contribution in [3.05, 3.63) is 63.3 Å². The molecule has 0 spiro atoms. The Morgan fingerprint density at radius 1 is 1.15 bits per heavy atom. The van der Waals surface area contributed by atoms with E-state index in [2.05, 4.69) is 10.3 Å². The van der Waals surface area contributed by atoms with Crippen LogP contribution in [0.4, 0.5) is 0 Å². The highest BCUT2D eigenvalue weighted by molar-refractivity contribution is 7.14. The minimum absolute atomic E-state index is 0.0614. The molecule has 1 aromatic carbocycles. The van der Waals surface area contributed by atoms with Gasteiger partial charge < -0.3 is 10.1 Å². The molecule has 1 amide bonds. The number of hydrogen-bond acceptors (Lipinski definition) is 6. The van der Waals surface area contributed by atoms with Crippen LogP contribution in [0.2, 0.25) is 0 Å². The van der Waals surface area contributed by atoms with Crippen LogP contribution in [0.15, 0.2) is 46.5 Å². The Kier molecular flexibility index (Phi) is 6.14. The summed E-state index contributed by atoms with van der Waals surface area (Å²) in [4.78, 5) is 28.1. The highest BCUT2D eigenvalue weighted by Gasteiger charge is 2.12. The second-order valence-corrected chi connectivity index (χ2v) is 7.39. The normalized spacial score (nSPS) is 10.5. The number of rotatable bonds is 7. The second-order valence-electron chi connectivity index (χ2n) is 5.76. The standard InChI is InChI=1S/C19H18N2O3S2/c1-13-2-4-14(5-3-13)9-20-17(22)10-24-18(23)8-16-12-26-19(21-16)15-6-7-25-11-15/h2-7,11-12H,8-10H2,1H3,(H,20,22). The maximum absolute atomic E-state index is 11.9. The molecule has 2 aromatic heterocycles. The van der Waals surface area contributed by atoms with Gasteiger partial charge in [-0.15, -0.1) is 11.3 Å². The molecule has 0 aliphatic carbocycles. The van der Waals surface area contributed by atoms with Crippen molar-refractivity contribution in [2.75, 3.05) is 6.61 Å². The maximum atomic E-state index is 11.9. The minimum Gasteiger partial charge on any atom is -0.455 e. The van der Waals surface area contributed by atoms with Crippen LogP contribution < -0.4 is 5.32 Å². The largest absolute Gasteiger partial charge is 0.455 e. The van der Waals surface area contributed by atoms with E-state index < -0.39 is 5.97 Å². The van der Waals surface area contributed by atoms with Crippen LogP contribution in [0.3, 0.4) is 0 Å². The van der Waals surface area contributed by atoms with Crippen molar-refractivity contribution < 1.29 is 14.3 Å². The zero-order valence-corrected chi connectivity index (χ0v) is 15.9. The highest BCUT2D eigenvalue weighted by atomic mass is 32.1. The average molecular weight is 386 g/mol. The molecule has 3 rings (SSSR count). The van der Waals surface area contributed by atoms with Gasteiger partial charge in [-0.2, -0.15) is 11.3 Å². The molecular formula is C19H18N2O3S2. The van der Waals surface area contributed by atoms with Gasteiger partial charge in [0.15, 0.2) is 6.61 Å². The van der Waals surface area contributed by atoms with E-state index >= 15 is 0 Å². The molecule has 7 heteroatoms. The van der Waals surface area contributed by atoms with Gasteiger partial charge in [0.1, 0.15) is 5.01 Å². The van der Waals surface area contributed by atoms with Gasteiger partial charge in [-0.05, 0) is 23.9 Å². The number of aromatic nitrogens is 1. The van der Waals surface area contributed by atoms with Gasteiger partial charge in [0, 0.05) is 22.9 Å². The summed E-state index contributed by atoms with van der Waals surface area (Å²) in [6, 6.07) is 9.87. The predicted molar refractivity (Wildman–Crippen MR) is 103 cm³/mol. The summed E-state index contributed by atoms with van der Waals surface area (Å²) in [7, 11) is 0. The van der Waals surface area contributed by atoms with Crippen molar-refractivity contribution >= 4 is 34.6 Å². The number of hydrogen-bond donors (Lipinski definition) is 1. The second kappa shape index (κ2) is 8.73. The molecule has 26 heavy (non-hydrogen) atoms. The van der Waals surface area contributed by atoms with Gasteiger partial charge in [0.2, 0.25) is 0 Å². The van der Waals surface area contributed by atoms with Crippen molar-refractivity contribution in [2.45, 2.75) is 19.9 Å². The summed E-state index contributed by atoms with van der Waals surface area (Å²) in [5.74, 6) is -0.784. The monoisotopic (exact) mass is 386 g/mol. The Bertz CT molecular complexity index is 871. The molecule has 0 bridgehead atoms. The Hall–Kier alpha value is -2.51. The molecule has 0 aliphatic heterocycles. The molecule has 0 atom stereocenters. The lowest BCUT2D eigenvalue weighted by Crippen LogP contribution is -2.28. The van der Waals surface area contributed by atoms with Crippen LogP contribution in [0.1, 0.15) is 16.8 Å². The van der Waals surface area contributed by atoms with Gasteiger partial charge in [-0.25, -0.2) is 4.98 Å². The lowest BCUT2D eigenvalue weighted by atomic mass is 10.1. The summed E-state index contributed by atoms with van der Waals surface area (Å²) >= 11 is 3.09. The number of carbonyl (C=O) groups excluding carboxylic acids is 2. The number of esters is 1. The zero-order valence-electron chi connectivity index (χ0n) is 14.2. The van der Waals surface area contributed by atoms with Crippen LogP contribution >= 0.6 is 22.7 Å². The van der Waals surface area contributed by atoms with Crippen LogP contribution in [0.5, 0.6) is 0 Å². The Labute approximate surface area is 159 Å². The fourth-order valence-corrected chi connectivity index (χ4v) is 3.74. The third-order valence-corrected chi connectivity index (χ3v) is 5.24.